The molecule has 0 spiro atoms. The van der Waals surface area contributed by atoms with Crippen LogP contribution in [0.15, 0.2) is 10.3 Å². The molecule has 0 aromatic heterocycles. The minimum absolute atomic E-state index is 0.597. The summed E-state index contributed by atoms with van der Waals surface area (Å²) in [6.45, 7) is 7.78. The van der Waals surface area contributed by atoms with E-state index >= 15 is 0 Å². The summed E-state index contributed by atoms with van der Waals surface area (Å²) in [7, 11) is 1.77. The van der Waals surface area contributed by atoms with Gasteiger partial charge in [0.15, 0.2) is 0 Å². The minimum atomic E-state index is 0.597. The van der Waals surface area contributed by atoms with Crippen LogP contribution in [-0.2, 0) is 0 Å². The molecule has 0 rings (SSSR count). The van der Waals surface area contributed by atoms with Crippen LogP contribution in [-0.4, -0.2) is 24.6 Å². The Morgan fingerprint density at radius 1 is 0.938 bits per heavy atom. The predicted octanol–water partition coefficient (Wildman–Crippen LogP) is 4.44. The van der Waals surface area contributed by atoms with Gasteiger partial charge in [-0.3, -0.25) is 5.01 Å². The minimum Gasteiger partial charge on any atom is -0.276 e. The van der Waals surface area contributed by atoms with Crippen molar-refractivity contribution in [1.29, 1.82) is 0 Å². The van der Waals surface area contributed by atoms with Gasteiger partial charge < -0.3 is 0 Å². The van der Waals surface area contributed by atoms with E-state index in [1.54, 1.807) is 7.05 Å². The van der Waals surface area contributed by atoms with Gasteiger partial charge in [0, 0.05) is 12.6 Å². The lowest BCUT2D eigenvalue weighted by molar-refractivity contribution is 0.164. The molecule has 0 aromatic rings. The number of hydrogen-bond donors (Lipinski definition) is 0. The zero-order valence-corrected chi connectivity index (χ0v) is 11.6. The molecule has 0 fully saturated rings. The maximum absolute atomic E-state index is 4.29. The van der Waals surface area contributed by atoms with Crippen molar-refractivity contribution in [3.8, 4) is 0 Å². The summed E-state index contributed by atoms with van der Waals surface area (Å²) in [6.07, 6.45) is 8.73. The summed E-state index contributed by atoms with van der Waals surface area (Å²) in [6, 6.07) is 0.597. The highest BCUT2D eigenvalue weighted by Gasteiger charge is 2.15. The lowest BCUT2D eigenvalue weighted by atomic mass is 10.0. The molecule has 0 heterocycles. The third kappa shape index (κ3) is 6.81. The topological polar surface area (TPSA) is 28.0 Å². The molecule has 0 aliphatic carbocycles. The fourth-order valence-corrected chi connectivity index (χ4v) is 1.95. The zero-order valence-electron chi connectivity index (χ0n) is 11.6. The Balaban J connectivity index is 4.25. The highest BCUT2D eigenvalue weighted by atomic mass is 15.5. The van der Waals surface area contributed by atoms with Gasteiger partial charge in [-0.05, 0) is 19.3 Å². The smallest absolute Gasteiger partial charge is 0.0509 e. The van der Waals surface area contributed by atoms with Crippen molar-refractivity contribution in [2.75, 3.05) is 13.6 Å². The summed E-state index contributed by atoms with van der Waals surface area (Å²) in [5.41, 5.74) is 0. The third-order valence-electron chi connectivity index (χ3n) is 2.88. The fraction of sp³-hybridized carbons (Fsp3) is 1.00. The van der Waals surface area contributed by atoms with Gasteiger partial charge in [0.05, 0.1) is 7.05 Å². The highest BCUT2D eigenvalue weighted by molar-refractivity contribution is 4.68. The summed E-state index contributed by atoms with van der Waals surface area (Å²) in [5, 5.41) is 10.5. The van der Waals surface area contributed by atoms with E-state index in [2.05, 4.69) is 36.1 Å². The van der Waals surface area contributed by atoms with Crippen molar-refractivity contribution in [3.05, 3.63) is 0 Å². The monoisotopic (exact) mass is 227 g/mol. The van der Waals surface area contributed by atoms with Crippen LogP contribution in [0.4, 0.5) is 0 Å². The van der Waals surface area contributed by atoms with Crippen molar-refractivity contribution in [2.24, 2.45) is 10.3 Å². The van der Waals surface area contributed by atoms with Crippen molar-refractivity contribution in [3.63, 3.8) is 0 Å². The fourth-order valence-electron chi connectivity index (χ4n) is 1.95. The Kier molecular flexibility index (Phi) is 10.5. The van der Waals surface area contributed by atoms with Crippen LogP contribution >= 0.6 is 0 Å². The van der Waals surface area contributed by atoms with E-state index in [-0.39, 0.29) is 0 Å². The standard InChI is InChI=1S/C13H29N3/c1-5-8-11-13(10-7-3)16(15-14-4)12-9-6-2/h13H,5-12H2,1-4H3/b15-14-. The van der Waals surface area contributed by atoms with Gasteiger partial charge in [-0.15, -0.1) is 0 Å². The third-order valence-corrected chi connectivity index (χ3v) is 2.88. The first kappa shape index (κ1) is 15.4. The summed E-state index contributed by atoms with van der Waals surface area (Å²) in [5.74, 6) is 0. The molecular weight excluding hydrogens is 198 g/mol. The number of unbranched alkanes of at least 4 members (excludes halogenated alkanes) is 2. The molecule has 0 aromatic carbocycles. The summed E-state index contributed by atoms with van der Waals surface area (Å²) >= 11 is 0. The quantitative estimate of drug-likeness (QED) is 0.400. The molecule has 96 valence electrons. The van der Waals surface area contributed by atoms with E-state index in [9.17, 15) is 0 Å². The molecule has 0 bridgehead atoms. The number of rotatable bonds is 10. The van der Waals surface area contributed by atoms with Crippen molar-refractivity contribution in [1.82, 2.24) is 5.01 Å². The van der Waals surface area contributed by atoms with E-state index in [4.69, 9.17) is 0 Å². The molecule has 1 atom stereocenters. The number of nitrogens with zero attached hydrogens (tertiary/aromatic N) is 3. The Bertz CT molecular complexity index is 169. The SMILES string of the molecule is CCCCC(CCC)N(CCCC)/N=N\C. The average Bonchev–Trinajstić information content (AvgIpc) is 2.30. The van der Waals surface area contributed by atoms with Gasteiger partial charge in [-0.1, -0.05) is 51.7 Å². The molecule has 0 saturated heterocycles. The lowest BCUT2D eigenvalue weighted by Gasteiger charge is -2.28. The Hall–Kier alpha value is -0.600. The van der Waals surface area contributed by atoms with E-state index in [1.807, 2.05) is 0 Å². The average molecular weight is 227 g/mol. The molecule has 16 heavy (non-hydrogen) atoms. The molecule has 0 amide bonds. The highest BCUT2D eigenvalue weighted by Crippen LogP contribution is 2.16. The van der Waals surface area contributed by atoms with Crippen molar-refractivity contribution < 1.29 is 0 Å². The van der Waals surface area contributed by atoms with Crippen molar-refractivity contribution in [2.45, 2.75) is 71.8 Å². The van der Waals surface area contributed by atoms with E-state index in [0.29, 0.717) is 6.04 Å². The maximum atomic E-state index is 4.29. The summed E-state index contributed by atoms with van der Waals surface area (Å²) < 4.78 is 0. The molecule has 3 heteroatoms. The van der Waals surface area contributed by atoms with Crippen LogP contribution in [0.3, 0.4) is 0 Å². The first-order chi connectivity index (χ1) is 7.79. The van der Waals surface area contributed by atoms with Crippen LogP contribution in [0.5, 0.6) is 0 Å². The second kappa shape index (κ2) is 10.9. The summed E-state index contributed by atoms with van der Waals surface area (Å²) in [4.78, 5) is 0. The largest absolute Gasteiger partial charge is 0.276 e. The van der Waals surface area contributed by atoms with Crippen molar-refractivity contribution >= 4 is 0 Å². The Morgan fingerprint density at radius 3 is 2.12 bits per heavy atom. The normalized spacial score (nSPS) is 13.2. The first-order valence-electron chi connectivity index (χ1n) is 6.86. The molecule has 0 aliphatic heterocycles. The molecule has 0 aliphatic rings. The predicted molar refractivity (Wildman–Crippen MR) is 70.6 cm³/mol. The molecule has 0 radical (unpaired) electrons. The van der Waals surface area contributed by atoms with Crippen LogP contribution in [0.25, 0.3) is 0 Å². The van der Waals surface area contributed by atoms with Crippen LogP contribution in [0.1, 0.15) is 65.7 Å². The van der Waals surface area contributed by atoms with Crippen LogP contribution in [0, 0.1) is 0 Å². The van der Waals surface area contributed by atoms with Gasteiger partial charge in [0.2, 0.25) is 0 Å². The molecule has 3 nitrogen and oxygen atoms in total. The van der Waals surface area contributed by atoms with Gasteiger partial charge in [0.25, 0.3) is 0 Å². The molecule has 0 saturated carbocycles. The van der Waals surface area contributed by atoms with Gasteiger partial charge >= 0.3 is 0 Å². The van der Waals surface area contributed by atoms with E-state index in [0.717, 1.165) is 6.54 Å². The molecule has 0 N–H and O–H groups in total. The zero-order chi connectivity index (χ0) is 12.2. The van der Waals surface area contributed by atoms with Gasteiger partial charge in [-0.2, -0.15) is 5.11 Å². The maximum Gasteiger partial charge on any atom is 0.0509 e. The van der Waals surface area contributed by atoms with Crippen LogP contribution < -0.4 is 0 Å². The molecule has 1 unspecified atom stereocenters. The van der Waals surface area contributed by atoms with Gasteiger partial charge in [0.1, 0.15) is 0 Å². The van der Waals surface area contributed by atoms with E-state index in [1.165, 1.54) is 44.9 Å². The van der Waals surface area contributed by atoms with E-state index < -0.39 is 0 Å². The van der Waals surface area contributed by atoms with Gasteiger partial charge in [-0.25, -0.2) is 0 Å². The lowest BCUT2D eigenvalue weighted by Crippen LogP contribution is -2.31. The number of hydrogen-bond acceptors (Lipinski definition) is 2. The Labute approximate surface area is 101 Å². The first-order valence-corrected chi connectivity index (χ1v) is 6.86. The molecular formula is C13H29N3. The Morgan fingerprint density at radius 2 is 1.62 bits per heavy atom. The second-order valence-electron chi connectivity index (χ2n) is 4.39. The second-order valence-corrected chi connectivity index (χ2v) is 4.39. The van der Waals surface area contributed by atoms with Crippen LogP contribution in [0.2, 0.25) is 0 Å².